The van der Waals surface area contributed by atoms with E-state index in [4.69, 9.17) is 17.0 Å². The van der Waals surface area contributed by atoms with Gasteiger partial charge in [-0.2, -0.15) is 0 Å². The predicted octanol–water partition coefficient (Wildman–Crippen LogP) is 4.30. The first kappa shape index (κ1) is 12.7. The Balaban J connectivity index is 2.36. The number of rotatable bonds is 2. The molecule has 0 fully saturated rings. The normalized spacial score (nSPS) is 10.8. The van der Waals surface area contributed by atoms with Crippen LogP contribution in [-0.4, -0.2) is 16.7 Å². The molecule has 3 nitrogen and oxygen atoms in total. The Morgan fingerprint density at radius 3 is 2.79 bits per heavy atom. The SMILES string of the molecule is COc1ccccc1-n1c(=S)[nH]c2cc(I)ccc21. The molecule has 1 N–H and O–H groups in total. The van der Waals surface area contributed by atoms with Crippen LogP contribution >= 0.6 is 34.8 Å². The van der Waals surface area contributed by atoms with Gasteiger partial charge in [-0.05, 0) is 65.1 Å². The van der Waals surface area contributed by atoms with Crippen molar-refractivity contribution in [2.75, 3.05) is 7.11 Å². The summed E-state index contributed by atoms with van der Waals surface area (Å²) < 4.78 is 9.26. The van der Waals surface area contributed by atoms with E-state index in [2.05, 4.69) is 45.8 Å². The fourth-order valence-electron chi connectivity index (χ4n) is 2.14. The minimum absolute atomic E-state index is 0.668. The topological polar surface area (TPSA) is 29.9 Å². The number of imidazole rings is 1. The summed E-state index contributed by atoms with van der Waals surface area (Å²) in [5.41, 5.74) is 3.03. The van der Waals surface area contributed by atoms with Crippen LogP contribution in [0.1, 0.15) is 0 Å². The van der Waals surface area contributed by atoms with Crippen LogP contribution in [0.4, 0.5) is 0 Å². The summed E-state index contributed by atoms with van der Waals surface area (Å²) >= 11 is 7.72. The summed E-state index contributed by atoms with van der Waals surface area (Å²) in [7, 11) is 1.67. The van der Waals surface area contributed by atoms with Crippen LogP contribution < -0.4 is 4.74 Å². The molecule has 5 heteroatoms. The highest BCUT2D eigenvalue weighted by molar-refractivity contribution is 14.1. The molecule has 96 valence electrons. The first-order chi connectivity index (χ1) is 9.20. The van der Waals surface area contributed by atoms with Crippen molar-refractivity contribution in [1.29, 1.82) is 0 Å². The third-order valence-corrected chi connectivity index (χ3v) is 3.93. The van der Waals surface area contributed by atoms with Gasteiger partial charge in [0.15, 0.2) is 4.77 Å². The third kappa shape index (κ3) is 2.17. The molecule has 2 aromatic carbocycles. The average molecular weight is 382 g/mol. The monoisotopic (exact) mass is 382 g/mol. The van der Waals surface area contributed by atoms with E-state index in [1.807, 2.05) is 28.8 Å². The maximum Gasteiger partial charge on any atom is 0.182 e. The van der Waals surface area contributed by atoms with Crippen molar-refractivity contribution >= 4 is 45.8 Å². The van der Waals surface area contributed by atoms with Crippen LogP contribution in [0.2, 0.25) is 0 Å². The summed E-state index contributed by atoms with van der Waals surface area (Å²) in [6, 6.07) is 14.1. The lowest BCUT2D eigenvalue weighted by Crippen LogP contribution is -1.97. The fraction of sp³-hybridized carbons (Fsp3) is 0.0714. The first-order valence-corrected chi connectivity index (χ1v) is 7.23. The molecular formula is C14H11IN2OS. The zero-order chi connectivity index (χ0) is 13.4. The summed E-state index contributed by atoms with van der Waals surface area (Å²) in [6.45, 7) is 0. The molecule has 0 amide bonds. The molecule has 0 unspecified atom stereocenters. The molecule has 3 rings (SSSR count). The Bertz CT molecular complexity index is 807. The second-order valence-electron chi connectivity index (χ2n) is 4.10. The second-order valence-corrected chi connectivity index (χ2v) is 5.73. The standard InChI is InChI=1S/C14H11IN2OS/c1-18-13-5-3-2-4-12(13)17-11-7-6-9(15)8-10(11)16-14(17)19/h2-8H,1H3,(H,16,19). The van der Waals surface area contributed by atoms with Gasteiger partial charge in [0.2, 0.25) is 0 Å². The molecule has 0 radical (unpaired) electrons. The van der Waals surface area contributed by atoms with Gasteiger partial charge in [0, 0.05) is 3.57 Å². The Morgan fingerprint density at radius 1 is 1.21 bits per heavy atom. The number of hydrogen-bond acceptors (Lipinski definition) is 2. The highest BCUT2D eigenvalue weighted by Crippen LogP contribution is 2.27. The Morgan fingerprint density at radius 2 is 2.00 bits per heavy atom. The number of ether oxygens (including phenoxy) is 1. The fourth-order valence-corrected chi connectivity index (χ4v) is 2.94. The summed E-state index contributed by atoms with van der Waals surface area (Å²) in [4.78, 5) is 3.24. The average Bonchev–Trinajstić information content (AvgIpc) is 2.73. The smallest absolute Gasteiger partial charge is 0.182 e. The molecule has 0 bridgehead atoms. The van der Waals surface area contributed by atoms with Crippen LogP contribution in [0.3, 0.4) is 0 Å². The predicted molar refractivity (Wildman–Crippen MR) is 87.7 cm³/mol. The molecule has 0 aliphatic heterocycles. The number of methoxy groups -OCH3 is 1. The molecule has 0 saturated carbocycles. The van der Waals surface area contributed by atoms with Gasteiger partial charge in [-0.3, -0.25) is 4.57 Å². The van der Waals surface area contributed by atoms with Gasteiger partial charge < -0.3 is 9.72 Å². The lowest BCUT2D eigenvalue weighted by molar-refractivity contribution is 0.413. The quantitative estimate of drug-likeness (QED) is 0.529. The van der Waals surface area contributed by atoms with E-state index < -0.39 is 0 Å². The van der Waals surface area contributed by atoms with Crippen molar-refractivity contribution in [3.8, 4) is 11.4 Å². The summed E-state index contributed by atoms with van der Waals surface area (Å²) in [5, 5.41) is 0. The number of nitrogens with zero attached hydrogens (tertiary/aromatic N) is 1. The Hall–Kier alpha value is -1.34. The van der Waals surface area contributed by atoms with Crippen molar-refractivity contribution < 1.29 is 4.74 Å². The number of hydrogen-bond donors (Lipinski definition) is 1. The van der Waals surface area contributed by atoms with Crippen LogP contribution in [-0.2, 0) is 0 Å². The minimum atomic E-state index is 0.668. The molecule has 1 aromatic heterocycles. The number of aromatic amines is 1. The van der Waals surface area contributed by atoms with Gasteiger partial charge >= 0.3 is 0 Å². The van der Waals surface area contributed by atoms with E-state index >= 15 is 0 Å². The van der Waals surface area contributed by atoms with Crippen molar-refractivity contribution in [1.82, 2.24) is 9.55 Å². The van der Waals surface area contributed by atoms with Gasteiger partial charge in [-0.25, -0.2) is 0 Å². The van der Waals surface area contributed by atoms with Gasteiger partial charge in [-0.15, -0.1) is 0 Å². The zero-order valence-electron chi connectivity index (χ0n) is 10.2. The van der Waals surface area contributed by atoms with Gasteiger partial charge in [0.25, 0.3) is 0 Å². The van der Waals surface area contributed by atoms with E-state index in [-0.39, 0.29) is 0 Å². The number of H-pyrrole nitrogens is 1. The van der Waals surface area contributed by atoms with Crippen LogP contribution in [0.5, 0.6) is 5.75 Å². The van der Waals surface area contributed by atoms with E-state index in [0.29, 0.717) is 4.77 Å². The minimum Gasteiger partial charge on any atom is -0.495 e. The van der Waals surface area contributed by atoms with Gasteiger partial charge in [0.05, 0.1) is 23.8 Å². The number of fused-ring (bicyclic) bond motifs is 1. The maximum atomic E-state index is 5.44. The van der Waals surface area contributed by atoms with E-state index in [9.17, 15) is 0 Å². The number of nitrogens with one attached hydrogen (secondary N) is 1. The molecule has 0 spiro atoms. The lowest BCUT2D eigenvalue weighted by atomic mass is 10.2. The Labute approximate surface area is 129 Å². The highest BCUT2D eigenvalue weighted by Gasteiger charge is 2.10. The highest BCUT2D eigenvalue weighted by atomic mass is 127. The van der Waals surface area contributed by atoms with E-state index in [0.717, 1.165) is 22.5 Å². The lowest BCUT2D eigenvalue weighted by Gasteiger charge is -2.09. The van der Waals surface area contributed by atoms with E-state index in [1.54, 1.807) is 7.11 Å². The molecule has 0 aliphatic rings. The van der Waals surface area contributed by atoms with Crippen LogP contribution in [0.15, 0.2) is 42.5 Å². The maximum absolute atomic E-state index is 5.44. The largest absolute Gasteiger partial charge is 0.495 e. The number of para-hydroxylation sites is 2. The molecule has 0 saturated heterocycles. The van der Waals surface area contributed by atoms with Crippen molar-refractivity contribution in [3.05, 3.63) is 50.8 Å². The van der Waals surface area contributed by atoms with Crippen LogP contribution in [0, 0.1) is 8.34 Å². The first-order valence-electron chi connectivity index (χ1n) is 5.74. The van der Waals surface area contributed by atoms with Crippen LogP contribution in [0.25, 0.3) is 16.7 Å². The number of benzene rings is 2. The molecule has 0 aliphatic carbocycles. The molecular weight excluding hydrogens is 371 g/mol. The summed E-state index contributed by atoms with van der Waals surface area (Å²) in [5.74, 6) is 0.804. The number of aromatic nitrogens is 2. The van der Waals surface area contributed by atoms with Gasteiger partial charge in [0.1, 0.15) is 5.75 Å². The Kier molecular flexibility index (Phi) is 3.32. The molecule has 3 aromatic rings. The van der Waals surface area contributed by atoms with E-state index in [1.165, 1.54) is 3.57 Å². The summed E-state index contributed by atoms with van der Waals surface area (Å²) in [6.07, 6.45) is 0. The molecule has 19 heavy (non-hydrogen) atoms. The van der Waals surface area contributed by atoms with Crippen molar-refractivity contribution in [2.24, 2.45) is 0 Å². The second kappa shape index (κ2) is 4.97. The third-order valence-electron chi connectivity index (χ3n) is 2.97. The van der Waals surface area contributed by atoms with Crippen molar-refractivity contribution in [3.63, 3.8) is 0 Å². The zero-order valence-corrected chi connectivity index (χ0v) is 13.2. The number of halogens is 1. The van der Waals surface area contributed by atoms with Gasteiger partial charge in [-0.1, -0.05) is 12.1 Å². The molecule has 1 heterocycles. The van der Waals surface area contributed by atoms with Crippen molar-refractivity contribution in [2.45, 2.75) is 0 Å². The molecule has 0 atom stereocenters.